The van der Waals surface area contributed by atoms with Crippen molar-refractivity contribution < 1.29 is 18.3 Å². The summed E-state index contributed by atoms with van der Waals surface area (Å²) >= 11 is 0. The molecule has 0 bridgehead atoms. The number of aromatic amines is 1. The fourth-order valence-electron chi connectivity index (χ4n) is 3.69. The number of amides is 1. The van der Waals surface area contributed by atoms with Crippen LogP contribution in [0.3, 0.4) is 0 Å². The van der Waals surface area contributed by atoms with Gasteiger partial charge in [0, 0.05) is 19.0 Å². The van der Waals surface area contributed by atoms with Gasteiger partial charge in [-0.3, -0.25) is 19.6 Å². The summed E-state index contributed by atoms with van der Waals surface area (Å²) in [6.45, 7) is 2.65. The van der Waals surface area contributed by atoms with Gasteiger partial charge in [0.05, 0.1) is 41.5 Å². The van der Waals surface area contributed by atoms with Gasteiger partial charge in [-0.1, -0.05) is 0 Å². The lowest BCUT2D eigenvalue weighted by Gasteiger charge is -2.34. The average Bonchev–Trinajstić information content (AvgIpc) is 3.51. The number of halogens is 1. The predicted octanol–water partition coefficient (Wildman–Crippen LogP) is 4.06. The molecule has 164 valence electrons. The van der Waals surface area contributed by atoms with E-state index in [1.807, 2.05) is 11.6 Å². The maximum Gasteiger partial charge on any atom is 0.291 e. The Kier molecular flexibility index (Phi) is 5.28. The van der Waals surface area contributed by atoms with Crippen molar-refractivity contribution in [2.24, 2.45) is 0 Å². The van der Waals surface area contributed by atoms with Crippen LogP contribution in [-0.2, 0) is 4.74 Å². The first kappa shape index (κ1) is 20.1. The van der Waals surface area contributed by atoms with Gasteiger partial charge in [-0.25, -0.2) is 4.39 Å². The number of nitrogens with zero attached hydrogens (tertiary/aromatic N) is 4. The number of aromatic nitrogens is 5. The number of H-pyrrole nitrogens is 1. The van der Waals surface area contributed by atoms with E-state index in [0.29, 0.717) is 29.4 Å². The molecule has 9 nitrogen and oxygen atoms in total. The molecule has 0 unspecified atom stereocenters. The molecule has 0 atom stereocenters. The zero-order valence-electron chi connectivity index (χ0n) is 17.3. The van der Waals surface area contributed by atoms with Gasteiger partial charge >= 0.3 is 0 Å². The minimum atomic E-state index is -0.445. The minimum absolute atomic E-state index is 0.145. The third-order valence-corrected chi connectivity index (χ3v) is 5.41. The normalized spacial score (nSPS) is 17.8. The molecule has 0 aromatic carbocycles. The van der Waals surface area contributed by atoms with Crippen LogP contribution in [0.4, 0.5) is 10.1 Å². The molecule has 4 aromatic heterocycles. The number of furan rings is 1. The van der Waals surface area contributed by atoms with Crippen molar-refractivity contribution in [1.82, 2.24) is 25.0 Å². The van der Waals surface area contributed by atoms with E-state index in [1.165, 1.54) is 12.1 Å². The molecular formula is C22H21FN6O3. The Labute approximate surface area is 182 Å². The number of carbonyl (C=O) groups is 1. The van der Waals surface area contributed by atoms with E-state index in [1.54, 1.807) is 30.7 Å². The lowest BCUT2D eigenvalue weighted by molar-refractivity contribution is -0.0226. The van der Waals surface area contributed by atoms with Crippen molar-refractivity contribution >= 4 is 11.6 Å². The van der Waals surface area contributed by atoms with Crippen LogP contribution in [-0.4, -0.2) is 43.6 Å². The highest BCUT2D eigenvalue weighted by molar-refractivity contribution is 6.04. The molecule has 2 N–H and O–H groups in total. The van der Waals surface area contributed by atoms with E-state index in [9.17, 15) is 9.18 Å². The number of hydrogen-bond donors (Lipinski definition) is 2. The summed E-state index contributed by atoms with van der Waals surface area (Å²) in [4.78, 5) is 17.0. The SMILES string of the molecule is CCOC1CC(n2cc(NC(=O)c3ccc(-c4cn[nH]c4)o3)c(-c3ccc(F)cn3)n2)C1. The summed E-state index contributed by atoms with van der Waals surface area (Å²) in [5.74, 6) is -0.202. The second-order valence-corrected chi connectivity index (χ2v) is 7.54. The standard InChI is InChI=1S/C22H21FN6O3/c1-2-31-16-7-15(8-16)29-12-18(21(28-29)17-4-3-14(23)11-24-17)27-22(30)20-6-5-19(32-20)13-9-25-26-10-13/h3-6,9-12,15-16H,2,7-8H2,1H3,(H,25,26)(H,27,30). The summed E-state index contributed by atoms with van der Waals surface area (Å²) in [6.07, 6.45) is 8.07. The zero-order valence-corrected chi connectivity index (χ0v) is 17.3. The van der Waals surface area contributed by atoms with Crippen LogP contribution >= 0.6 is 0 Å². The van der Waals surface area contributed by atoms with Crippen LogP contribution in [0.5, 0.6) is 0 Å². The number of hydrogen-bond acceptors (Lipinski definition) is 6. The van der Waals surface area contributed by atoms with Gasteiger partial charge in [0.2, 0.25) is 0 Å². The third-order valence-electron chi connectivity index (χ3n) is 5.41. The van der Waals surface area contributed by atoms with Crippen molar-refractivity contribution in [3.05, 3.63) is 60.6 Å². The largest absolute Gasteiger partial charge is 0.451 e. The van der Waals surface area contributed by atoms with Gasteiger partial charge in [-0.2, -0.15) is 10.2 Å². The number of pyridine rings is 1. The van der Waals surface area contributed by atoms with Gasteiger partial charge in [-0.05, 0) is 44.0 Å². The van der Waals surface area contributed by atoms with Gasteiger partial charge in [0.1, 0.15) is 17.3 Å². The quantitative estimate of drug-likeness (QED) is 0.452. The molecule has 1 fully saturated rings. The highest BCUT2D eigenvalue weighted by Gasteiger charge is 2.32. The van der Waals surface area contributed by atoms with Crippen LogP contribution in [0, 0.1) is 5.82 Å². The Morgan fingerprint density at radius 3 is 2.91 bits per heavy atom. The summed E-state index contributed by atoms with van der Waals surface area (Å²) in [5.41, 5.74) is 2.12. The maximum absolute atomic E-state index is 13.4. The van der Waals surface area contributed by atoms with E-state index in [0.717, 1.165) is 24.6 Å². The second-order valence-electron chi connectivity index (χ2n) is 7.54. The Morgan fingerprint density at radius 1 is 1.31 bits per heavy atom. The van der Waals surface area contributed by atoms with Crippen molar-refractivity contribution in [2.45, 2.75) is 31.9 Å². The highest BCUT2D eigenvalue weighted by Crippen LogP contribution is 2.37. The third kappa shape index (κ3) is 3.92. The lowest BCUT2D eigenvalue weighted by Crippen LogP contribution is -2.33. The lowest BCUT2D eigenvalue weighted by atomic mass is 9.89. The molecule has 10 heteroatoms. The fourth-order valence-corrected chi connectivity index (χ4v) is 3.69. The molecule has 0 spiro atoms. The molecule has 0 saturated heterocycles. The van der Waals surface area contributed by atoms with Gasteiger partial charge in [-0.15, -0.1) is 0 Å². The van der Waals surface area contributed by atoms with Crippen molar-refractivity contribution in [2.75, 3.05) is 11.9 Å². The van der Waals surface area contributed by atoms with E-state index in [2.05, 4.69) is 25.6 Å². The maximum atomic E-state index is 13.4. The highest BCUT2D eigenvalue weighted by atomic mass is 19.1. The fraction of sp³-hybridized carbons (Fsp3) is 0.273. The van der Waals surface area contributed by atoms with Gasteiger partial charge in [0.25, 0.3) is 5.91 Å². The van der Waals surface area contributed by atoms with E-state index in [-0.39, 0.29) is 17.9 Å². The van der Waals surface area contributed by atoms with E-state index < -0.39 is 11.7 Å². The van der Waals surface area contributed by atoms with Crippen LogP contribution in [0.2, 0.25) is 0 Å². The van der Waals surface area contributed by atoms with Gasteiger partial charge < -0.3 is 14.5 Å². The molecule has 0 aliphatic heterocycles. The molecule has 32 heavy (non-hydrogen) atoms. The minimum Gasteiger partial charge on any atom is -0.451 e. The monoisotopic (exact) mass is 436 g/mol. The first-order valence-corrected chi connectivity index (χ1v) is 10.3. The van der Waals surface area contributed by atoms with Crippen LogP contribution in [0.15, 0.2) is 53.5 Å². The number of ether oxygens (including phenoxy) is 1. The van der Waals surface area contributed by atoms with Crippen LogP contribution in [0.1, 0.15) is 36.4 Å². The Balaban J connectivity index is 1.40. The van der Waals surface area contributed by atoms with Crippen LogP contribution < -0.4 is 5.32 Å². The summed E-state index contributed by atoms with van der Waals surface area (Å²) < 4.78 is 26.5. The predicted molar refractivity (Wildman–Crippen MR) is 113 cm³/mol. The molecule has 1 aliphatic rings. The Morgan fingerprint density at radius 2 is 2.19 bits per heavy atom. The second kappa shape index (κ2) is 8.39. The molecule has 4 heterocycles. The van der Waals surface area contributed by atoms with Crippen LogP contribution in [0.25, 0.3) is 22.7 Å². The topological polar surface area (TPSA) is 111 Å². The Hall–Kier alpha value is -3.79. The summed E-state index contributed by atoms with van der Waals surface area (Å²) in [7, 11) is 0. The number of rotatable bonds is 7. The molecule has 1 aliphatic carbocycles. The van der Waals surface area contributed by atoms with E-state index >= 15 is 0 Å². The number of nitrogens with one attached hydrogen (secondary N) is 2. The van der Waals surface area contributed by atoms with Crippen molar-refractivity contribution in [3.8, 4) is 22.7 Å². The molecule has 4 aromatic rings. The Bertz CT molecular complexity index is 1210. The van der Waals surface area contributed by atoms with Crippen molar-refractivity contribution in [1.29, 1.82) is 0 Å². The zero-order chi connectivity index (χ0) is 22.1. The van der Waals surface area contributed by atoms with Gasteiger partial charge in [0.15, 0.2) is 5.76 Å². The van der Waals surface area contributed by atoms with E-state index in [4.69, 9.17) is 9.15 Å². The first-order valence-electron chi connectivity index (χ1n) is 10.3. The molecule has 1 amide bonds. The average molecular weight is 436 g/mol. The smallest absolute Gasteiger partial charge is 0.291 e. The van der Waals surface area contributed by atoms with Crippen molar-refractivity contribution in [3.63, 3.8) is 0 Å². The molecular weight excluding hydrogens is 415 g/mol. The molecule has 1 saturated carbocycles. The number of carbonyl (C=O) groups excluding carboxylic acids is 1. The number of anilines is 1. The summed E-state index contributed by atoms with van der Waals surface area (Å²) in [5, 5.41) is 14.1. The molecule has 5 rings (SSSR count). The first-order chi connectivity index (χ1) is 15.6. The summed E-state index contributed by atoms with van der Waals surface area (Å²) in [6, 6.07) is 6.30. The molecule has 0 radical (unpaired) electrons.